The van der Waals surface area contributed by atoms with Crippen LogP contribution in [0, 0.1) is 0 Å². The van der Waals surface area contributed by atoms with Gasteiger partial charge in [-0.15, -0.1) is 11.8 Å². The van der Waals surface area contributed by atoms with Gasteiger partial charge in [-0.3, -0.25) is 9.78 Å². The van der Waals surface area contributed by atoms with E-state index in [9.17, 15) is 14.3 Å². The molecule has 0 radical (unpaired) electrons. The van der Waals surface area contributed by atoms with Crippen molar-refractivity contribution in [2.75, 3.05) is 0 Å². The Morgan fingerprint density at radius 2 is 1.95 bits per heavy atom. The van der Waals surface area contributed by atoms with Gasteiger partial charge in [-0.25, -0.2) is 4.39 Å². The van der Waals surface area contributed by atoms with E-state index in [1.807, 2.05) is 12.1 Å². The maximum atomic E-state index is 12.6. The fourth-order valence-corrected chi connectivity index (χ4v) is 2.83. The minimum absolute atomic E-state index is 0.499. The van der Waals surface area contributed by atoms with Crippen molar-refractivity contribution in [2.45, 2.75) is 30.2 Å². The van der Waals surface area contributed by atoms with E-state index < -0.39 is 17.4 Å². The van der Waals surface area contributed by atoms with Gasteiger partial charge < -0.3 is 5.11 Å². The Balaban J connectivity index is 2.38. The Bertz CT molecular complexity index is 641. The third-order valence-corrected chi connectivity index (χ3v) is 4.34. The molecule has 5 heteroatoms. The smallest absolute Gasteiger partial charge is 0.319 e. The van der Waals surface area contributed by atoms with Gasteiger partial charge in [-0.2, -0.15) is 0 Å². The van der Waals surface area contributed by atoms with Crippen molar-refractivity contribution in [2.24, 2.45) is 0 Å². The number of hydrogen-bond donors (Lipinski definition) is 1. The van der Waals surface area contributed by atoms with Crippen molar-refractivity contribution in [3.05, 3.63) is 48.3 Å². The molecule has 0 amide bonds. The molecule has 0 aliphatic heterocycles. The Kier molecular flexibility index (Phi) is 4.63. The minimum atomic E-state index is -0.936. The van der Waals surface area contributed by atoms with Crippen LogP contribution < -0.4 is 0 Å². The lowest BCUT2D eigenvalue weighted by Crippen LogP contribution is -2.27. The number of carboxylic acids is 1. The Morgan fingerprint density at radius 3 is 2.52 bits per heavy atom. The van der Waals surface area contributed by atoms with E-state index in [0.29, 0.717) is 5.56 Å². The number of rotatable bonds is 5. The quantitative estimate of drug-likeness (QED) is 0.842. The normalized spacial score (nSPS) is 11.4. The van der Waals surface area contributed by atoms with Gasteiger partial charge in [-0.1, -0.05) is 24.3 Å². The zero-order chi connectivity index (χ0) is 15.5. The van der Waals surface area contributed by atoms with Crippen LogP contribution in [0.3, 0.4) is 0 Å². The van der Waals surface area contributed by atoms with E-state index in [2.05, 4.69) is 4.98 Å². The number of benzene rings is 1. The lowest BCUT2D eigenvalue weighted by atomic mass is 10.1. The molecule has 3 nitrogen and oxygen atoms in total. The van der Waals surface area contributed by atoms with Gasteiger partial charge in [0.25, 0.3) is 0 Å². The first-order valence-electron chi connectivity index (χ1n) is 6.46. The van der Waals surface area contributed by atoms with Gasteiger partial charge in [0.2, 0.25) is 0 Å². The molecule has 0 bridgehead atoms. The molecule has 0 fully saturated rings. The van der Waals surface area contributed by atoms with E-state index in [0.717, 1.165) is 16.0 Å². The number of carboxylic acid groups (broad SMARTS) is 1. The first-order chi connectivity index (χ1) is 9.94. The molecule has 2 aromatic rings. The molecular weight excluding hydrogens is 289 g/mol. The SMILES string of the molecule is CC(C)(Sc1ccncc1-c1ccc(CF)cc1)C(=O)O. The lowest BCUT2D eigenvalue weighted by Gasteiger charge is -2.20. The van der Waals surface area contributed by atoms with Gasteiger partial charge in [0, 0.05) is 22.9 Å². The molecule has 0 aliphatic carbocycles. The standard InChI is InChI=1S/C16H16FNO2S/c1-16(2,15(19)20)21-14-7-8-18-10-13(14)12-5-3-11(9-17)4-6-12/h3-8,10H,9H2,1-2H3,(H,19,20). The minimum Gasteiger partial charge on any atom is -0.480 e. The van der Waals surface area contributed by atoms with Crippen LogP contribution in [0.5, 0.6) is 0 Å². The molecule has 0 saturated heterocycles. The average Bonchev–Trinajstić information content (AvgIpc) is 2.47. The molecule has 1 N–H and O–H groups in total. The summed E-state index contributed by atoms with van der Waals surface area (Å²) in [6, 6.07) is 8.89. The topological polar surface area (TPSA) is 50.2 Å². The molecule has 2 rings (SSSR count). The predicted molar refractivity (Wildman–Crippen MR) is 82.1 cm³/mol. The number of thioether (sulfide) groups is 1. The van der Waals surface area contributed by atoms with Gasteiger partial charge in [-0.05, 0) is 31.0 Å². The maximum absolute atomic E-state index is 12.6. The first-order valence-corrected chi connectivity index (χ1v) is 7.27. The van der Waals surface area contributed by atoms with Crippen molar-refractivity contribution >= 4 is 17.7 Å². The third kappa shape index (κ3) is 3.61. The van der Waals surface area contributed by atoms with E-state index in [1.54, 1.807) is 44.4 Å². The monoisotopic (exact) mass is 305 g/mol. The van der Waals surface area contributed by atoms with Gasteiger partial charge in [0.05, 0.1) is 0 Å². The summed E-state index contributed by atoms with van der Waals surface area (Å²) >= 11 is 1.27. The van der Waals surface area contributed by atoms with E-state index >= 15 is 0 Å². The number of pyridine rings is 1. The van der Waals surface area contributed by atoms with Crippen LogP contribution in [0.4, 0.5) is 4.39 Å². The summed E-state index contributed by atoms with van der Waals surface area (Å²) in [7, 11) is 0. The fraction of sp³-hybridized carbons (Fsp3) is 0.250. The summed E-state index contributed by atoms with van der Waals surface area (Å²) in [4.78, 5) is 16.2. The van der Waals surface area contributed by atoms with E-state index in [-0.39, 0.29) is 0 Å². The first kappa shape index (κ1) is 15.5. The third-order valence-electron chi connectivity index (χ3n) is 3.08. The van der Waals surface area contributed by atoms with E-state index in [1.165, 1.54) is 11.8 Å². The van der Waals surface area contributed by atoms with E-state index in [4.69, 9.17) is 0 Å². The van der Waals surface area contributed by atoms with Crippen LogP contribution in [-0.2, 0) is 11.5 Å². The molecule has 0 spiro atoms. The zero-order valence-electron chi connectivity index (χ0n) is 11.8. The van der Waals surface area contributed by atoms with Crippen LogP contribution in [0.15, 0.2) is 47.6 Å². The number of aromatic nitrogens is 1. The Labute approximate surface area is 127 Å². The van der Waals surface area contributed by atoms with Crippen molar-refractivity contribution in [1.82, 2.24) is 4.98 Å². The highest BCUT2D eigenvalue weighted by Crippen LogP contribution is 2.38. The number of aliphatic carboxylic acids is 1. The molecule has 1 aromatic carbocycles. The van der Waals surface area contributed by atoms with Crippen LogP contribution >= 0.6 is 11.8 Å². The highest BCUT2D eigenvalue weighted by atomic mass is 32.2. The highest BCUT2D eigenvalue weighted by molar-refractivity contribution is 8.01. The van der Waals surface area contributed by atoms with Crippen molar-refractivity contribution in [3.8, 4) is 11.1 Å². The number of halogens is 1. The van der Waals surface area contributed by atoms with Gasteiger partial charge >= 0.3 is 5.97 Å². The van der Waals surface area contributed by atoms with Gasteiger partial charge in [0.1, 0.15) is 11.4 Å². The Hall–Kier alpha value is -1.88. The maximum Gasteiger partial charge on any atom is 0.319 e. The average molecular weight is 305 g/mol. The second-order valence-electron chi connectivity index (χ2n) is 5.12. The number of alkyl halides is 1. The van der Waals surface area contributed by atoms with Crippen LogP contribution in [0.1, 0.15) is 19.4 Å². The molecule has 110 valence electrons. The largest absolute Gasteiger partial charge is 0.480 e. The van der Waals surface area contributed by atoms with Crippen molar-refractivity contribution < 1.29 is 14.3 Å². The Morgan fingerprint density at radius 1 is 1.29 bits per heavy atom. The molecule has 1 heterocycles. The molecule has 1 aromatic heterocycles. The molecule has 0 atom stereocenters. The van der Waals surface area contributed by atoms with Crippen molar-refractivity contribution in [3.63, 3.8) is 0 Å². The number of hydrogen-bond acceptors (Lipinski definition) is 3. The summed E-state index contributed by atoms with van der Waals surface area (Å²) in [5, 5.41) is 9.25. The molecular formula is C16H16FNO2S. The molecule has 0 saturated carbocycles. The molecule has 0 aliphatic rings. The zero-order valence-corrected chi connectivity index (χ0v) is 12.7. The molecule has 0 unspecified atom stereocenters. The highest BCUT2D eigenvalue weighted by Gasteiger charge is 2.29. The summed E-state index contributed by atoms with van der Waals surface area (Å²) in [5.41, 5.74) is 2.36. The molecule has 21 heavy (non-hydrogen) atoms. The summed E-state index contributed by atoms with van der Waals surface area (Å²) < 4.78 is 11.6. The summed E-state index contributed by atoms with van der Waals surface area (Å²) in [5.74, 6) is -0.872. The lowest BCUT2D eigenvalue weighted by molar-refractivity contribution is -0.138. The second-order valence-corrected chi connectivity index (χ2v) is 6.78. The predicted octanol–water partition coefficient (Wildman–Crippen LogP) is 4.17. The van der Waals surface area contributed by atoms with Crippen molar-refractivity contribution in [1.29, 1.82) is 0 Å². The van der Waals surface area contributed by atoms with Crippen LogP contribution in [0.25, 0.3) is 11.1 Å². The fourth-order valence-electron chi connectivity index (χ4n) is 1.78. The van der Waals surface area contributed by atoms with Gasteiger partial charge in [0.15, 0.2) is 0 Å². The van der Waals surface area contributed by atoms with Crippen LogP contribution in [0.2, 0.25) is 0 Å². The summed E-state index contributed by atoms with van der Waals surface area (Å²) in [6.07, 6.45) is 3.34. The second kappa shape index (κ2) is 6.26. The number of carbonyl (C=O) groups is 1. The van der Waals surface area contributed by atoms with Crippen LogP contribution in [-0.4, -0.2) is 20.8 Å². The number of nitrogens with zero attached hydrogens (tertiary/aromatic N) is 1. The summed E-state index contributed by atoms with van der Waals surface area (Å²) in [6.45, 7) is 2.83.